The normalized spacial score (nSPS) is 15.0. The lowest BCUT2D eigenvalue weighted by Crippen LogP contribution is -2.03. The van der Waals surface area contributed by atoms with Crippen LogP contribution in [0.3, 0.4) is 0 Å². The molecular formula is C6H13Cl. The van der Waals surface area contributed by atoms with Crippen molar-refractivity contribution in [3.05, 3.63) is 0 Å². The summed E-state index contributed by atoms with van der Waals surface area (Å²) in [7, 11) is 0. The highest BCUT2D eigenvalue weighted by Gasteiger charge is 2.02. The first kappa shape index (κ1) is 7.29. The molecule has 0 fully saturated rings. The third-order valence-corrected chi connectivity index (χ3v) is 1.87. The van der Waals surface area contributed by atoms with Gasteiger partial charge in [-0.25, -0.2) is 0 Å². The van der Waals surface area contributed by atoms with Crippen LogP contribution in [0.15, 0.2) is 0 Å². The van der Waals surface area contributed by atoms with E-state index in [1.165, 1.54) is 0 Å². The van der Waals surface area contributed by atoms with Gasteiger partial charge in [0.1, 0.15) is 0 Å². The summed E-state index contributed by atoms with van der Waals surface area (Å²) >= 11 is 5.55. The molecule has 0 saturated heterocycles. The van der Waals surface area contributed by atoms with E-state index >= 15 is 0 Å². The Morgan fingerprint density at radius 2 is 1.71 bits per heavy atom. The monoisotopic (exact) mass is 120 g/mol. The van der Waals surface area contributed by atoms with E-state index in [4.69, 9.17) is 11.6 Å². The van der Waals surface area contributed by atoms with Crippen molar-refractivity contribution in [2.75, 3.05) is 5.88 Å². The molecule has 0 aromatic carbocycles. The number of alkyl halides is 1. The molecule has 0 unspecified atom stereocenters. The van der Waals surface area contributed by atoms with Crippen LogP contribution in [-0.2, 0) is 0 Å². The SMILES string of the molecule is CC(C)[C@@H](C)CCl. The molecule has 0 N–H and O–H groups in total. The number of halogens is 1. The van der Waals surface area contributed by atoms with Crippen molar-refractivity contribution < 1.29 is 0 Å². The Bertz CT molecular complexity index is 41.4. The van der Waals surface area contributed by atoms with Gasteiger partial charge in [0.25, 0.3) is 0 Å². The van der Waals surface area contributed by atoms with Crippen molar-refractivity contribution in [3.63, 3.8) is 0 Å². The summed E-state index contributed by atoms with van der Waals surface area (Å²) in [5.41, 5.74) is 0. The summed E-state index contributed by atoms with van der Waals surface area (Å²) in [4.78, 5) is 0. The van der Waals surface area contributed by atoms with Crippen LogP contribution >= 0.6 is 11.6 Å². The molecule has 0 nitrogen and oxygen atoms in total. The maximum Gasteiger partial charge on any atom is 0.0251 e. The Balaban J connectivity index is 3.14. The first-order valence-electron chi connectivity index (χ1n) is 2.74. The fraction of sp³-hybridized carbons (Fsp3) is 1.00. The zero-order chi connectivity index (χ0) is 5.86. The zero-order valence-electron chi connectivity index (χ0n) is 5.24. The molecule has 7 heavy (non-hydrogen) atoms. The fourth-order valence-corrected chi connectivity index (χ4v) is 0.535. The van der Waals surface area contributed by atoms with E-state index in [0.717, 1.165) is 11.8 Å². The Morgan fingerprint density at radius 1 is 1.29 bits per heavy atom. The molecule has 0 amide bonds. The molecule has 0 aliphatic heterocycles. The van der Waals surface area contributed by atoms with Gasteiger partial charge in [-0.15, -0.1) is 11.6 Å². The van der Waals surface area contributed by atoms with Crippen molar-refractivity contribution in [2.45, 2.75) is 20.8 Å². The van der Waals surface area contributed by atoms with Gasteiger partial charge in [-0.2, -0.15) is 0 Å². The van der Waals surface area contributed by atoms with E-state index in [-0.39, 0.29) is 0 Å². The first-order chi connectivity index (χ1) is 3.18. The van der Waals surface area contributed by atoms with Crippen LogP contribution in [0.4, 0.5) is 0 Å². The molecule has 0 aliphatic carbocycles. The molecule has 0 spiro atoms. The molecule has 0 aromatic rings. The van der Waals surface area contributed by atoms with Crippen LogP contribution in [0, 0.1) is 11.8 Å². The van der Waals surface area contributed by atoms with Crippen molar-refractivity contribution in [2.24, 2.45) is 11.8 Å². The van der Waals surface area contributed by atoms with Gasteiger partial charge in [0.15, 0.2) is 0 Å². The standard InChI is InChI=1S/C6H13Cl/c1-5(2)6(3)4-7/h5-6H,4H2,1-3H3/t6-/m0/s1. The summed E-state index contributed by atoms with van der Waals surface area (Å²) in [6.45, 7) is 6.54. The van der Waals surface area contributed by atoms with E-state index in [9.17, 15) is 0 Å². The van der Waals surface area contributed by atoms with Crippen LogP contribution in [0.25, 0.3) is 0 Å². The minimum absolute atomic E-state index is 0.668. The molecular weight excluding hydrogens is 108 g/mol. The third kappa shape index (κ3) is 2.93. The lowest BCUT2D eigenvalue weighted by molar-refractivity contribution is 0.462. The maximum absolute atomic E-state index is 5.55. The van der Waals surface area contributed by atoms with Crippen LogP contribution in [0.1, 0.15) is 20.8 Å². The molecule has 0 saturated carbocycles. The highest BCUT2D eigenvalue weighted by atomic mass is 35.5. The second kappa shape index (κ2) is 3.31. The van der Waals surface area contributed by atoms with E-state index in [1.807, 2.05) is 0 Å². The minimum Gasteiger partial charge on any atom is -0.126 e. The summed E-state index contributed by atoms with van der Waals surface area (Å²) in [6, 6.07) is 0. The second-order valence-corrected chi connectivity index (χ2v) is 2.68. The van der Waals surface area contributed by atoms with Crippen LogP contribution in [0.2, 0.25) is 0 Å². The van der Waals surface area contributed by atoms with Crippen molar-refractivity contribution in [1.29, 1.82) is 0 Å². The van der Waals surface area contributed by atoms with Crippen LogP contribution in [-0.4, -0.2) is 5.88 Å². The highest BCUT2D eigenvalue weighted by molar-refractivity contribution is 6.18. The molecule has 0 heterocycles. The van der Waals surface area contributed by atoms with Gasteiger partial charge in [-0.1, -0.05) is 20.8 Å². The van der Waals surface area contributed by atoms with Gasteiger partial charge in [0.2, 0.25) is 0 Å². The smallest absolute Gasteiger partial charge is 0.0251 e. The van der Waals surface area contributed by atoms with Gasteiger partial charge in [-0.05, 0) is 11.8 Å². The van der Waals surface area contributed by atoms with Gasteiger partial charge < -0.3 is 0 Å². The van der Waals surface area contributed by atoms with Gasteiger partial charge in [-0.3, -0.25) is 0 Å². The Kier molecular flexibility index (Phi) is 3.45. The average Bonchev–Trinajstić information content (AvgIpc) is 1.65. The predicted octanol–water partition coefficient (Wildman–Crippen LogP) is 2.52. The number of hydrogen-bond donors (Lipinski definition) is 0. The molecule has 44 valence electrons. The topological polar surface area (TPSA) is 0 Å². The molecule has 1 heteroatoms. The van der Waals surface area contributed by atoms with Crippen LogP contribution in [0.5, 0.6) is 0 Å². The van der Waals surface area contributed by atoms with E-state index in [1.54, 1.807) is 0 Å². The Labute approximate surface area is 50.9 Å². The lowest BCUT2D eigenvalue weighted by atomic mass is 10.0. The molecule has 0 rings (SSSR count). The molecule has 0 aliphatic rings. The summed E-state index contributed by atoms with van der Waals surface area (Å²) in [5, 5.41) is 0. The summed E-state index contributed by atoms with van der Waals surface area (Å²) in [5.74, 6) is 2.19. The molecule has 1 atom stereocenters. The molecule has 0 aromatic heterocycles. The number of hydrogen-bond acceptors (Lipinski definition) is 0. The maximum atomic E-state index is 5.55. The Hall–Kier alpha value is 0.290. The van der Waals surface area contributed by atoms with Crippen molar-refractivity contribution in [1.82, 2.24) is 0 Å². The lowest BCUT2D eigenvalue weighted by Gasteiger charge is -2.09. The van der Waals surface area contributed by atoms with Crippen molar-refractivity contribution in [3.8, 4) is 0 Å². The van der Waals surface area contributed by atoms with Crippen molar-refractivity contribution >= 4 is 11.6 Å². The Morgan fingerprint density at radius 3 is 1.71 bits per heavy atom. The van der Waals surface area contributed by atoms with Gasteiger partial charge in [0, 0.05) is 5.88 Å². The van der Waals surface area contributed by atoms with Gasteiger partial charge >= 0.3 is 0 Å². The second-order valence-electron chi connectivity index (χ2n) is 2.38. The molecule has 0 radical (unpaired) electrons. The zero-order valence-corrected chi connectivity index (χ0v) is 6.00. The summed E-state index contributed by atoms with van der Waals surface area (Å²) < 4.78 is 0. The predicted molar refractivity (Wildman–Crippen MR) is 34.7 cm³/mol. The van der Waals surface area contributed by atoms with E-state index < -0.39 is 0 Å². The van der Waals surface area contributed by atoms with Gasteiger partial charge in [0.05, 0.1) is 0 Å². The minimum atomic E-state index is 0.668. The third-order valence-electron chi connectivity index (χ3n) is 1.38. The largest absolute Gasteiger partial charge is 0.126 e. The highest BCUT2D eigenvalue weighted by Crippen LogP contribution is 2.09. The average molecular weight is 121 g/mol. The molecule has 0 bridgehead atoms. The first-order valence-corrected chi connectivity index (χ1v) is 3.28. The summed E-state index contributed by atoms with van der Waals surface area (Å²) in [6.07, 6.45) is 0. The van der Waals surface area contributed by atoms with E-state index in [2.05, 4.69) is 20.8 Å². The van der Waals surface area contributed by atoms with Crippen LogP contribution < -0.4 is 0 Å². The van der Waals surface area contributed by atoms with E-state index in [0.29, 0.717) is 5.92 Å². The fourth-order valence-electron chi connectivity index (χ4n) is 0.178. The quantitative estimate of drug-likeness (QED) is 0.492. The number of rotatable bonds is 2.